The van der Waals surface area contributed by atoms with Crippen LogP contribution >= 0.6 is 0 Å². The molecule has 1 amide bonds. The molecule has 0 bridgehead atoms. The van der Waals surface area contributed by atoms with E-state index in [0.29, 0.717) is 12.3 Å². The van der Waals surface area contributed by atoms with Gasteiger partial charge in [-0.3, -0.25) is 4.79 Å². The van der Waals surface area contributed by atoms with Crippen molar-refractivity contribution in [3.05, 3.63) is 0 Å². The second-order valence-corrected chi connectivity index (χ2v) is 4.02. The Kier molecular flexibility index (Phi) is 5.62. The highest BCUT2D eigenvalue weighted by Gasteiger charge is 2.29. The fraction of sp³-hybridized carbons (Fsp3) is 0.900. The molecule has 1 rings (SSSR count). The van der Waals surface area contributed by atoms with E-state index in [9.17, 15) is 13.6 Å². The van der Waals surface area contributed by atoms with Gasteiger partial charge >= 0.3 is 0 Å². The molecule has 1 unspecified atom stereocenters. The minimum atomic E-state index is -2.46. The Morgan fingerprint density at radius 1 is 1.50 bits per heavy atom. The van der Waals surface area contributed by atoms with Crippen LogP contribution in [0.1, 0.15) is 19.3 Å². The van der Waals surface area contributed by atoms with Crippen molar-refractivity contribution in [2.45, 2.75) is 31.7 Å². The summed E-state index contributed by atoms with van der Waals surface area (Å²) in [4.78, 5) is 11.3. The predicted octanol–water partition coefficient (Wildman–Crippen LogP) is 0.512. The van der Waals surface area contributed by atoms with Crippen LogP contribution in [-0.4, -0.2) is 38.1 Å². The lowest BCUT2D eigenvalue weighted by Gasteiger charge is -2.10. The van der Waals surface area contributed by atoms with Gasteiger partial charge in [-0.2, -0.15) is 0 Å². The summed E-state index contributed by atoms with van der Waals surface area (Å²) < 4.78 is 27.9. The number of alkyl halides is 2. The van der Waals surface area contributed by atoms with E-state index >= 15 is 0 Å². The molecule has 1 saturated carbocycles. The number of rotatable bonds is 8. The van der Waals surface area contributed by atoms with E-state index in [2.05, 4.69) is 10.1 Å². The summed E-state index contributed by atoms with van der Waals surface area (Å²) in [5.41, 5.74) is 5.76. The number of carbonyl (C=O) groups is 1. The lowest BCUT2D eigenvalue weighted by atomic mass is 10.1. The molecule has 0 aromatic heterocycles. The molecule has 0 saturated heterocycles. The lowest BCUT2D eigenvalue weighted by Crippen LogP contribution is -2.34. The number of nitrogens with two attached hydrogens (primary N) is 1. The van der Waals surface area contributed by atoms with E-state index in [1.54, 1.807) is 0 Å². The summed E-state index contributed by atoms with van der Waals surface area (Å²) in [6.45, 7) is -0.227. The van der Waals surface area contributed by atoms with Crippen LogP contribution in [0.4, 0.5) is 8.78 Å². The maximum Gasteiger partial charge on any atom is 0.261 e. The minimum Gasteiger partial charge on any atom is -0.374 e. The summed E-state index contributed by atoms with van der Waals surface area (Å²) >= 11 is 0. The monoisotopic (exact) mass is 236 g/mol. The van der Waals surface area contributed by atoms with Gasteiger partial charge in [0.15, 0.2) is 0 Å². The number of hydrogen-bond acceptors (Lipinski definition) is 3. The first-order valence-electron chi connectivity index (χ1n) is 5.47. The summed E-state index contributed by atoms with van der Waals surface area (Å²) in [6, 6.07) is -0.0676. The molecule has 94 valence electrons. The van der Waals surface area contributed by atoms with Crippen LogP contribution in [0.25, 0.3) is 0 Å². The highest BCUT2D eigenvalue weighted by Crippen LogP contribution is 2.32. The van der Waals surface area contributed by atoms with E-state index in [1.165, 1.54) is 0 Å². The molecule has 1 aliphatic rings. The summed E-state index contributed by atoms with van der Waals surface area (Å²) in [5, 5.41) is 2.58. The van der Waals surface area contributed by atoms with Gasteiger partial charge in [0.2, 0.25) is 5.91 Å². The molecular formula is C10H18F2N2O2. The van der Waals surface area contributed by atoms with Crippen LogP contribution in [0.3, 0.4) is 0 Å². The van der Waals surface area contributed by atoms with Crippen LogP contribution in [-0.2, 0) is 9.53 Å². The number of hydrogen-bond donors (Lipinski definition) is 2. The average molecular weight is 236 g/mol. The maximum absolute atomic E-state index is 11.7. The number of nitrogens with one attached hydrogen (secondary N) is 1. The Balaban J connectivity index is 1.93. The SMILES string of the molecule is NC(CC(=O)NCCOCC(F)F)C1CC1. The molecule has 16 heavy (non-hydrogen) atoms. The quantitative estimate of drug-likeness (QED) is 0.604. The van der Waals surface area contributed by atoms with E-state index in [4.69, 9.17) is 5.73 Å². The van der Waals surface area contributed by atoms with Gasteiger partial charge in [-0.25, -0.2) is 8.78 Å². The summed E-state index contributed by atoms with van der Waals surface area (Å²) in [7, 11) is 0. The number of halogens is 2. The van der Waals surface area contributed by atoms with Crippen molar-refractivity contribution < 1.29 is 18.3 Å². The molecule has 6 heteroatoms. The largest absolute Gasteiger partial charge is 0.374 e. The van der Waals surface area contributed by atoms with E-state index in [0.717, 1.165) is 12.8 Å². The minimum absolute atomic E-state index is 0.0676. The maximum atomic E-state index is 11.7. The Hall–Kier alpha value is -0.750. The number of carbonyl (C=O) groups excluding carboxylic acids is 1. The Labute approximate surface area is 93.5 Å². The molecule has 1 aliphatic carbocycles. The van der Waals surface area contributed by atoms with Gasteiger partial charge in [0.25, 0.3) is 6.43 Å². The molecule has 0 heterocycles. The third-order valence-electron chi connectivity index (χ3n) is 2.46. The van der Waals surface area contributed by atoms with Crippen molar-refractivity contribution in [3.63, 3.8) is 0 Å². The van der Waals surface area contributed by atoms with Crippen molar-refractivity contribution in [2.24, 2.45) is 11.7 Å². The second-order valence-electron chi connectivity index (χ2n) is 4.02. The second kappa shape index (κ2) is 6.75. The first-order chi connectivity index (χ1) is 7.59. The van der Waals surface area contributed by atoms with Crippen LogP contribution in [0.2, 0.25) is 0 Å². The first kappa shape index (κ1) is 13.3. The molecule has 1 fully saturated rings. The smallest absolute Gasteiger partial charge is 0.261 e. The van der Waals surface area contributed by atoms with Crippen LogP contribution < -0.4 is 11.1 Å². The summed E-state index contributed by atoms with van der Waals surface area (Å²) in [5.74, 6) is 0.348. The topological polar surface area (TPSA) is 64.4 Å². The fourth-order valence-electron chi connectivity index (χ4n) is 1.41. The zero-order valence-electron chi connectivity index (χ0n) is 9.12. The zero-order chi connectivity index (χ0) is 12.0. The van der Waals surface area contributed by atoms with Gasteiger partial charge in [-0.15, -0.1) is 0 Å². The van der Waals surface area contributed by atoms with Gasteiger partial charge < -0.3 is 15.8 Å². The average Bonchev–Trinajstić information content (AvgIpc) is 2.99. The van der Waals surface area contributed by atoms with Crippen LogP contribution in [0, 0.1) is 5.92 Å². The highest BCUT2D eigenvalue weighted by atomic mass is 19.3. The molecule has 3 N–H and O–H groups in total. The standard InChI is InChI=1S/C10H18F2N2O2/c11-9(12)6-16-4-3-14-10(15)5-8(13)7-1-2-7/h7-9H,1-6,13H2,(H,14,15). The van der Waals surface area contributed by atoms with Gasteiger partial charge in [0.05, 0.1) is 6.61 Å². The summed E-state index contributed by atoms with van der Waals surface area (Å²) in [6.07, 6.45) is 0.0520. The molecule has 0 aromatic rings. The molecule has 0 spiro atoms. The van der Waals surface area contributed by atoms with Gasteiger partial charge in [-0.1, -0.05) is 0 Å². The van der Waals surface area contributed by atoms with E-state index < -0.39 is 13.0 Å². The Morgan fingerprint density at radius 3 is 2.75 bits per heavy atom. The van der Waals surface area contributed by atoms with Crippen molar-refractivity contribution >= 4 is 5.91 Å². The lowest BCUT2D eigenvalue weighted by molar-refractivity contribution is -0.121. The third-order valence-corrected chi connectivity index (χ3v) is 2.46. The molecule has 4 nitrogen and oxygen atoms in total. The van der Waals surface area contributed by atoms with E-state index in [-0.39, 0.29) is 25.1 Å². The molecular weight excluding hydrogens is 218 g/mol. The van der Waals surface area contributed by atoms with Crippen molar-refractivity contribution in [3.8, 4) is 0 Å². The zero-order valence-corrected chi connectivity index (χ0v) is 9.12. The van der Waals surface area contributed by atoms with Gasteiger partial charge in [0, 0.05) is 19.0 Å². The molecule has 0 aliphatic heterocycles. The number of ether oxygens (including phenoxy) is 1. The molecule has 0 aromatic carbocycles. The van der Waals surface area contributed by atoms with Crippen molar-refractivity contribution in [2.75, 3.05) is 19.8 Å². The molecule has 0 radical (unpaired) electrons. The predicted molar refractivity (Wildman–Crippen MR) is 55.1 cm³/mol. The van der Waals surface area contributed by atoms with Crippen molar-refractivity contribution in [1.82, 2.24) is 5.32 Å². The third kappa shape index (κ3) is 5.97. The van der Waals surface area contributed by atoms with Crippen LogP contribution in [0.15, 0.2) is 0 Å². The Morgan fingerprint density at radius 2 is 2.19 bits per heavy atom. The fourth-order valence-corrected chi connectivity index (χ4v) is 1.41. The van der Waals surface area contributed by atoms with Crippen molar-refractivity contribution in [1.29, 1.82) is 0 Å². The van der Waals surface area contributed by atoms with Gasteiger partial charge in [-0.05, 0) is 18.8 Å². The van der Waals surface area contributed by atoms with Crippen LogP contribution in [0.5, 0.6) is 0 Å². The first-order valence-corrected chi connectivity index (χ1v) is 5.47. The van der Waals surface area contributed by atoms with Gasteiger partial charge in [0.1, 0.15) is 6.61 Å². The number of amides is 1. The van der Waals surface area contributed by atoms with E-state index in [1.807, 2.05) is 0 Å². The molecule has 1 atom stereocenters. The Bertz CT molecular complexity index is 223. The normalized spacial score (nSPS) is 17.5. The highest BCUT2D eigenvalue weighted by molar-refractivity contribution is 5.76.